The van der Waals surface area contributed by atoms with Gasteiger partial charge in [0.25, 0.3) is 0 Å². The number of rotatable bonds is 3. The van der Waals surface area contributed by atoms with Crippen molar-refractivity contribution in [1.82, 2.24) is 0 Å². The van der Waals surface area contributed by atoms with Crippen LogP contribution >= 0.6 is 11.6 Å². The molecule has 0 unspecified atom stereocenters. The maximum Gasteiger partial charge on any atom is 0.309 e. The van der Waals surface area contributed by atoms with Crippen LogP contribution < -0.4 is 0 Å². The number of hydrogen-bond acceptors (Lipinski definition) is 2. The molecule has 0 aromatic heterocycles. The topological polar surface area (TPSA) is 26.3 Å². The highest BCUT2D eigenvalue weighted by Crippen LogP contribution is 2.48. The summed E-state index contributed by atoms with van der Waals surface area (Å²) in [5.41, 5.74) is 1.18. The molecule has 1 aromatic rings. The Balaban J connectivity index is 1.98. The number of halogens is 1. The van der Waals surface area contributed by atoms with Crippen molar-refractivity contribution in [3.8, 4) is 0 Å². The molecule has 0 amide bonds. The predicted octanol–water partition coefficient (Wildman–Crippen LogP) is 3.01. The molecular weight excluding hydrogens is 212 g/mol. The molecule has 80 valence electrons. The summed E-state index contributed by atoms with van der Waals surface area (Å²) in [5, 5.41) is 0.729. The number of benzene rings is 1. The Morgan fingerprint density at radius 2 is 2.13 bits per heavy atom. The number of esters is 1. The van der Waals surface area contributed by atoms with E-state index in [1.807, 2.05) is 31.2 Å². The fourth-order valence-electron chi connectivity index (χ4n) is 1.78. The van der Waals surface area contributed by atoms with E-state index in [4.69, 9.17) is 16.3 Å². The van der Waals surface area contributed by atoms with Gasteiger partial charge in [-0.2, -0.15) is 0 Å². The molecule has 0 radical (unpaired) electrons. The zero-order valence-electron chi connectivity index (χ0n) is 8.57. The third-order valence-corrected chi connectivity index (χ3v) is 2.93. The van der Waals surface area contributed by atoms with Gasteiger partial charge in [0.2, 0.25) is 0 Å². The van der Waals surface area contributed by atoms with Gasteiger partial charge >= 0.3 is 5.97 Å². The summed E-state index contributed by atoms with van der Waals surface area (Å²) < 4.78 is 4.98. The molecule has 0 saturated heterocycles. The lowest BCUT2D eigenvalue weighted by Crippen LogP contribution is -2.07. The first-order chi connectivity index (χ1) is 7.22. The minimum Gasteiger partial charge on any atom is -0.466 e. The quantitative estimate of drug-likeness (QED) is 0.738. The van der Waals surface area contributed by atoms with Crippen molar-refractivity contribution in [3.05, 3.63) is 34.9 Å². The van der Waals surface area contributed by atoms with Gasteiger partial charge in [-0.3, -0.25) is 4.79 Å². The van der Waals surface area contributed by atoms with E-state index in [1.54, 1.807) is 0 Å². The highest BCUT2D eigenvalue weighted by Gasteiger charge is 2.44. The first-order valence-electron chi connectivity index (χ1n) is 5.14. The Morgan fingerprint density at radius 3 is 2.73 bits per heavy atom. The molecule has 1 aromatic carbocycles. The van der Waals surface area contributed by atoms with Crippen LogP contribution in [0.1, 0.15) is 24.8 Å². The van der Waals surface area contributed by atoms with E-state index < -0.39 is 0 Å². The first-order valence-corrected chi connectivity index (χ1v) is 5.52. The molecule has 2 nitrogen and oxygen atoms in total. The molecule has 1 aliphatic rings. The largest absolute Gasteiger partial charge is 0.466 e. The Labute approximate surface area is 94.2 Å². The minimum absolute atomic E-state index is 0.0612. The first kappa shape index (κ1) is 10.5. The van der Waals surface area contributed by atoms with Crippen molar-refractivity contribution in [3.63, 3.8) is 0 Å². The van der Waals surface area contributed by atoms with E-state index in [9.17, 15) is 4.79 Å². The second kappa shape index (κ2) is 4.23. The summed E-state index contributed by atoms with van der Waals surface area (Å²) in [5.74, 6) is 0.324. The van der Waals surface area contributed by atoms with Gasteiger partial charge in [0, 0.05) is 5.02 Å². The third-order valence-electron chi connectivity index (χ3n) is 2.68. The number of ether oxygens (including phenoxy) is 1. The Morgan fingerprint density at radius 1 is 1.47 bits per heavy atom. The fraction of sp³-hybridized carbons (Fsp3) is 0.417. The zero-order chi connectivity index (χ0) is 10.8. The summed E-state index contributed by atoms with van der Waals surface area (Å²) in [6.07, 6.45) is 0.903. The lowest BCUT2D eigenvalue weighted by molar-refractivity contribution is -0.144. The van der Waals surface area contributed by atoms with Crippen LogP contribution in [0.3, 0.4) is 0 Å². The molecule has 0 heterocycles. The molecule has 0 bridgehead atoms. The lowest BCUT2D eigenvalue weighted by Gasteiger charge is -2.01. The van der Waals surface area contributed by atoms with Crippen LogP contribution in [-0.2, 0) is 9.53 Å². The molecule has 0 spiro atoms. The molecule has 3 heteroatoms. The van der Waals surface area contributed by atoms with Gasteiger partial charge in [-0.15, -0.1) is 0 Å². The van der Waals surface area contributed by atoms with Crippen molar-refractivity contribution >= 4 is 17.6 Å². The highest BCUT2D eigenvalue weighted by atomic mass is 35.5. The van der Waals surface area contributed by atoms with E-state index in [0.29, 0.717) is 12.5 Å². The summed E-state index contributed by atoms with van der Waals surface area (Å²) in [6.45, 7) is 2.29. The summed E-state index contributed by atoms with van der Waals surface area (Å²) in [4.78, 5) is 11.4. The average molecular weight is 225 g/mol. The van der Waals surface area contributed by atoms with E-state index in [-0.39, 0.29) is 11.9 Å². The van der Waals surface area contributed by atoms with Gasteiger partial charge in [0.15, 0.2) is 0 Å². The van der Waals surface area contributed by atoms with Gasteiger partial charge in [0.05, 0.1) is 12.5 Å². The standard InChI is InChI=1S/C12H13ClO2/c1-2-15-12(14)11-7-10(11)8-3-5-9(13)6-4-8/h3-6,10-11H,2,7H2,1H3/t10-,11+/m0/s1. The van der Waals surface area contributed by atoms with E-state index in [2.05, 4.69) is 0 Å². The second-order valence-electron chi connectivity index (χ2n) is 3.75. The van der Waals surface area contributed by atoms with Gasteiger partial charge in [-0.05, 0) is 37.0 Å². The van der Waals surface area contributed by atoms with E-state index in [1.165, 1.54) is 5.56 Å². The van der Waals surface area contributed by atoms with Crippen molar-refractivity contribution in [2.24, 2.45) is 5.92 Å². The minimum atomic E-state index is -0.0718. The van der Waals surface area contributed by atoms with Crippen molar-refractivity contribution in [1.29, 1.82) is 0 Å². The average Bonchev–Trinajstić information content (AvgIpc) is 2.99. The summed E-state index contributed by atoms with van der Waals surface area (Å²) in [7, 11) is 0. The van der Waals surface area contributed by atoms with E-state index >= 15 is 0 Å². The molecule has 2 rings (SSSR count). The molecule has 1 aliphatic carbocycles. The smallest absolute Gasteiger partial charge is 0.309 e. The number of hydrogen-bond donors (Lipinski definition) is 0. The van der Waals surface area contributed by atoms with Crippen LogP contribution in [-0.4, -0.2) is 12.6 Å². The van der Waals surface area contributed by atoms with Crippen molar-refractivity contribution in [2.75, 3.05) is 6.61 Å². The molecule has 1 fully saturated rings. The highest BCUT2D eigenvalue weighted by molar-refractivity contribution is 6.30. The molecular formula is C12H13ClO2. The van der Waals surface area contributed by atoms with Gasteiger partial charge in [-0.25, -0.2) is 0 Å². The zero-order valence-corrected chi connectivity index (χ0v) is 9.33. The molecule has 0 N–H and O–H groups in total. The molecule has 0 aliphatic heterocycles. The Kier molecular flexibility index (Phi) is 2.96. The van der Waals surface area contributed by atoms with Crippen LogP contribution in [0.15, 0.2) is 24.3 Å². The molecule has 2 atom stereocenters. The van der Waals surface area contributed by atoms with E-state index in [0.717, 1.165) is 11.4 Å². The van der Waals surface area contributed by atoms with Crippen molar-refractivity contribution in [2.45, 2.75) is 19.3 Å². The predicted molar refractivity (Wildman–Crippen MR) is 58.9 cm³/mol. The van der Waals surface area contributed by atoms with Crippen molar-refractivity contribution < 1.29 is 9.53 Å². The lowest BCUT2D eigenvalue weighted by atomic mass is 10.1. The molecule has 15 heavy (non-hydrogen) atoms. The second-order valence-corrected chi connectivity index (χ2v) is 4.19. The van der Waals surface area contributed by atoms with Crippen LogP contribution in [0.25, 0.3) is 0 Å². The van der Waals surface area contributed by atoms with Crippen LogP contribution in [0.2, 0.25) is 5.02 Å². The summed E-state index contributed by atoms with van der Waals surface area (Å²) in [6, 6.07) is 7.67. The van der Waals surface area contributed by atoms with Crippen LogP contribution in [0.5, 0.6) is 0 Å². The maximum absolute atomic E-state index is 11.4. The van der Waals surface area contributed by atoms with Gasteiger partial charge in [0.1, 0.15) is 0 Å². The SMILES string of the molecule is CCOC(=O)[C@@H]1C[C@H]1c1ccc(Cl)cc1. The van der Waals surface area contributed by atoms with Crippen LogP contribution in [0.4, 0.5) is 0 Å². The molecule has 1 saturated carbocycles. The fourth-order valence-corrected chi connectivity index (χ4v) is 1.91. The monoisotopic (exact) mass is 224 g/mol. The van der Waals surface area contributed by atoms with Crippen LogP contribution in [0, 0.1) is 5.92 Å². The van der Waals surface area contributed by atoms with Gasteiger partial charge in [-0.1, -0.05) is 23.7 Å². The number of carbonyl (C=O) groups excluding carboxylic acids is 1. The summed E-state index contributed by atoms with van der Waals surface area (Å²) >= 11 is 5.79. The normalized spacial score (nSPS) is 23.6. The maximum atomic E-state index is 11.4. The Bertz CT molecular complexity index is 358. The number of carbonyl (C=O) groups is 1. The Hall–Kier alpha value is -1.02. The third kappa shape index (κ3) is 2.32. The van der Waals surface area contributed by atoms with Gasteiger partial charge < -0.3 is 4.74 Å².